The fraction of sp³-hybridized carbons (Fsp3) is 0.786. The Bertz CT molecular complexity index is 398. The maximum Gasteiger partial charge on any atom is 0.205 e. The number of rotatable bonds is 3. The van der Waals surface area contributed by atoms with Crippen molar-refractivity contribution in [2.24, 2.45) is 5.92 Å². The number of anilines is 1. The Labute approximate surface area is 109 Å². The van der Waals surface area contributed by atoms with Crippen LogP contribution in [0, 0.1) is 5.92 Å². The fourth-order valence-electron chi connectivity index (χ4n) is 3.25. The molecule has 0 amide bonds. The minimum absolute atomic E-state index is 0.666. The summed E-state index contributed by atoms with van der Waals surface area (Å²) >= 11 is 0. The van der Waals surface area contributed by atoms with Crippen molar-refractivity contribution in [2.45, 2.75) is 51.7 Å². The van der Waals surface area contributed by atoms with Crippen LogP contribution in [0.1, 0.15) is 33.1 Å². The topological polar surface area (TPSA) is 33.1 Å². The molecule has 2 saturated heterocycles. The van der Waals surface area contributed by atoms with E-state index in [4.69, 9.17) is 0 Å². The van der Waals surface area contributed by atoms with Crippen LogP contribution in [-0.2, 0) is 6.54 Å². The van der Waals surface area contributed by atoms with E-state index in [0.717, 1.165) is 31.6 Å². The van der Waals surface area contributed by atoms with Crippen LogP contribution in [0.4, 0.5) is 5.95 Å². The molecular formula is C14H24N4. The molecule has 1 N–H and O–H groups in total. The van der Waals surface area contributed by atoms with Gasteiger partial charge in [0.25, 0.3) is 0 Å². The molecule has 0 spiro atoms. The third kappa shape index (κ3) is 2.39. The van der Waals surface area contributed by atoms with E-state index in [1.165, 1.54) is 19.3 Å². The Morgan fingerprint density at radius 1 is 1.33 bits per heavy atom. The van der Waals surface area contributed by atoms with Gasteiger partial charge in [0, 0.05) is 44.1 Å². The van der Waals surface area contributed by atoms with E-state index < -0.39 is 0 Å². The highest BCUT2D eigenvalue weighted by molar-refractivity contribution is 5.32. The van der Waals surface area contributed by atoms with E-state index in [-0.39, 0.29) is 0 Å². The Morgan fingerprint density at radius 3 is 3.00 bits per heavy atom. The number of hydrogen-bond donors (Lipinski definition) is 1. The van der Waals surface area contributed by atoms with Gasteiger partial charge in [-0.1, -0.05) is 13.8 Å². The van der Waals surface area contributed by atoms with Crippen molar-refractivity contribution in [3.63, 3.8) is 0 Å². The van der Waals surface area contributed by atoms with Gasteiger partial charge in [0.1, 0.15) is 0 Å². The Kier molecular flexibility index (Phi) is 3.29. The van der Waals surface area contributed by atoms with Crippen LogP contribution >= 0.6 is 0 Å². The van der Waals surface area contributed by atoms with Crippen LogP contribution in [0.3, 0.4) is 0 Å². The SMILES string of the molecule is CC(C)Cn1ccnc1N1CCC2CCC(C1)N2. The van der Waals surface area contributed by atoms with Crippen molar-refractivity contribution < 1.29 is 0 Å². The predicted molar refractivity (Wildman–Crippen MR) is 73.8 cm³/mol. The summed E-state index contributed by atoms with van der Waals surface area (Å²) in [5.74, 6) is 1.83. The summed E-state index contributed by atoms with van der Waals surface area (Å²) in [6.07, 6.45) is 8.00. The lowest BCUT2D eigenvalue weighted by Gasteiger charge is -2.26. The van der Waals surface area contributed by atoms with E-state index in [2.05, 4.69) is 39.8 Å². The molecule has 2 bridgehead atoms. The zero-order valence-corrected chi connectivity index (χ0v) is 11.5. The van der Waals surface area contributed by atoms with Gasteiger partial charge in [0.2, 0.25) is 5.95 Å². The van der Waals surface area contributed by atoms with Crippen molar-refractivity contribution in [3.8, 4) is 0 Å². The standard InChI is InChI=1S/C14H24N4/c1-11(2)9-18-8-6-15-14(18)17-7-5-12-3-4-13(10-17)16-12/h6,8,11-13,16H,3-5,7,9-10H2,1-2H3. The maximum absolute atomic E-state index is 4.58. The molecule has 0 aromatic carbocycles. The molecule has 0 aliphatic carbocycles. The van der Waals surface area contributed by atoms with Gasteiger partial charge < -0.3 is 14.8 Å². The van der Waals surface area contributed by atoms with Crippen molar-refractivity contribution in [1.82, 2.24) is 14.9 Å². The molecule has 4 heteroatoms. The van der Waals surface area contributed by atoms with Gasteiger partial charge in [-0.3, -0.25) is 0 Å². The molecule has 4 nitrogen and oxygen atoms in total. The van der Waals surface area contributed by atoms with Crippen LogP contribution in [0.15, 0.2) is 12.4 Å². The number of nitrogens with zero attached hydrogens (tertiary/aromatic N) is 3. The van der Waals surface area contributed by atoms with E-state index in [0.29, 0.717) is 12.0 Å². The van der Waals surface area contributed by atoms with Gasteiger partial charge in [0.15, 0.2) is 0 Å². The zero-order valence-electron chi connectivity index (χ0n) is 11.5. The molecule has 3 rings (SSSR count). The van der Waals surface area contributed by atoms with Gasteiger partial charge in [0.05, 0.1) is 0 Å². The summed E-state index contributed by atoms with van der Waals surface area (Å²) in [4.78, 5) is 7.05. The summed E-state index contributed by atoms with van der Waals surface area (Å²) < 4.78 is 2.31. The van der Waals surface area contributed by atoms with Crippen LogP contribution < -0.4 is 10.2 Å². The number of hydrogen-bond acceptors (Lipinski definition) is 3. The molecule has 3 heterocycles. The molecule has 0 saturated carbocycles. The second kappa shape index (κ2) is 4.92. The molecule has 2 atom stereocenters. The van der Waals surface area contributed by atoms with Crippen molar-refractivity contribution in [3.05, 3.63) is 12.4 Å². The lowest BCUT2D eigenvalue weighted by atomic mass is 10.1. The van der Waals surface area contributed by atoms with Crippen molar-refractivity contribution in [2.75, 3.05) is 18.0 Å². The first-order valence-corrected chi connectivity index (χ1v) is 7.24. The largest absolute Gasteiger partial charge is 0.341 e. The highest BCUT2D eigenvalue weighted by Crippen LogP contribution is 2.24. The highest BCUT2D eigenvalue weighted by atomic mass is 15.3. The molecule has 0 radical (unpaired) electrons. The van der Waals surface area contributed by atoms with E-state index in [9.17, 15) is 0 Å². The number of imidazole rings is 1. The fourth-order valence-corrected chi connectivity index (χ4v) is 3.25. The molecule has 1 aromatic rings. The van der Waals surface area contributed by atoms with Gasteiger partial charge >= 0.3 is 0 Å². The lowest BCUT2D eigenvalue weighted by Crippen LogP contribution is -2.36. The molecule has 2 fully saturated rings. The second-order valence-electron chi connectivity index (χ2n) is 6.15. The number of aromatic nitrogens is 2. The Morgan fingerprint density at radius 2 is 2.17 bits per heavy atom. The predicted octanol–water partition coefficient (Wildman–Crippen LogP) is 1.87. The van der Waals surface area contributed by atoms with E-state index >= 15 is 0 Å². The molecule has 2 aliphatic rings. The summed E-state index contributed by atoms with van der Waals surface area (Å²) in [6.45, 7) is 7.84. The number of fused-ring (bicyclic) bond motifs is 2. The average molecular weight is 248 g/mol. The van der Waals surface area contributed by atoms with Crippen LogP contribution in [0.25, 0.3) is 0 Å². The molecule has 18 heavy (non-hydrogen) atoms. The molecule has 1 aromatic heterocycles. The minimum Gasteiger partial charge on any atom is -0.341 e. The first kappa shape index (κ1) is 12.0. The second-order valence-corrected chi connectivity index (χ2v) is 6.15. The van der Waals surface area contributed by atoms with Crippen molar-refractivity contribution >= 4 is 5.95 Å². The molecule has 2 unspecified atom stereocenters. The molecule has 2 aliphatic heterocycles. The summed E-state index contributed by atoms with van der Waals surface area (Å²) in [7, 11) is 0. The van der Waals surface area contributed by atoms with Crippen LogP contribution in [0.2, 0.25) is 0 Å². The van der Waals surface area contributed by atoms with Crippen LogP contribution in [0.5, 0.6) is 0 Å². The normalized spacial score (nSPS) is 27.8. The monoisotopic (exact) mass is 248 g/mol. The quantitative estimate of drug-likeness (QED) is 0.886. The summed E-state index contributed by atoms with van der Waals surface area (Å²) in [5.41, 5.74) is 0. The first-order chi connectivity index (χ1) is 8.72. The van der Waals surface area contributed by atoms with Gasteiger partial charge in [-0.2, -0.15) is 0 Å². The molecule has 100 valence electrons. The summed E-state index contributed by atoms with van der Waals surface area (Å²) in [6, 6.07) is 1.41. The third-order valence-electron chi connectivity index (χ3n) is 4.06. The highest BCUT2D eigenvalue weighted by Gasteiger charge is 2.30. The Hall–Kier alpha value is -1.03. The lowest BCUT2D eigenvalue weighted by molar-refractivity contribution is 0.511. The minimum atomic E-state index is 0.666. The average Bonchev–Trinajstić information content (AvgIpc) is 2.86. The number of nitrogens with one attached hydrogen (secondary N) is 1. The van der Waals surface area contributed by atoms with E-state index in [1.54, 1.807) is 0 Å². The van der Waals surface area contributed by atoms with Crippen LogP contribution in [-0.4, -0.2) is 34.7 Å². The van der Waals surface area contributed by atoms with Gasteiger partial charge in [-0.25, -0.2) is 4.98 Å². The zero-order chi connectivity index (χ0) is 12.5. The Balaban J connectivity index is 1.75. The molecular weight excluding hydrogens is 224 g/mol. The van der Waals surface area contributed by atoms with Gasteiger partial charge in [-0.05, 0) is 25.2 Å². The third-order valence-corrected chi connectivity index (χ3v) is 4.06. The first-order valence-electron chi connectivity index (χ1n) is 7.24. The smallest absolute Gasteiger partial charge is 0.205 e. The van der Waals surface area contributed by atoms with Gasteiger partial charge in [-0.15, -0.1) is 0 Å². The maximum atomic E-state index is 4.58. The summed E-state index contributed by atoms with van der Waals surface area (Å²) in [5, 5.41) is 3.73. The van der Waals surface area contributed by atoms with Crippen molar-refractivity contribution in [1.29, 1.82) is 0 Å². The van der Waals surface area contributed by atoms with E-state index in [1.807, 2.05) is 6.20 Å².